The summed E-state index contributed by atoms with van der Waals surface area (Å²) in [7, 11) is -3.96. The normalized spacial score (nSPS) is 12.2. The predicted molar refractivity (Wildman–Crippen MR) is 153 cm³/mol. The van der Waals surface area contributed by atoms with Crippen LogP contribution in [0.15, 0.2) is 72.8 Å². The van der Waals surface area contributed by atoms with Gasteiger partial charge in [-0.15, -0.1) is 0 Å². The van der Waals surface area contributed by atoms with Gasteiger partial charge >= 0.3 is 0 Å². The van der Waals surface area contributed by atoms with Gasteiger partial charge in [-0.25, -0.2) is 12.8 Å². The zero-order chi connectivity index (χ0) is 28.7. The number of nitrogens with zero attached hydrogens (tertiary/aromatic N) is 2. The zero-order valence-corrected chi connectivity index (χ0v) is 24.1. The third-order valence-corrected chi connectivity index (χ3v) is 7.36. The van der Waals surface area contributed by atoms with Crippen LogP contribution >= 0.6 is 23.2 Å². The Morgan fingerprint density at radius 2 is 1.51 bits per heavy atom. The molecular formula is C28H30Cl2FN3O4S. The molecule has 11 heteroatoms. The summed E-state index contributed by atoms with van der Waals surface area (Å²) in [5.41, 5.74) is 1.48. The third-order valence-electron chi connectivity index (χ3n) is 5.78. The van der Waals surface area contributed by atoms with Crippen LogP contribution in [-0.2, 0) is 32.6 Å². The number of rotatable bonds is 11. The van der Waals surface area contributed by atoms with E-state index in [4.69, 9.17) is 23.2 Å². The van der Waals surface area contributed by atoms with Crippen molar-refractivity contribution in [3.05, 3.63) is 99.8 Å². The minimum Gasteiger partial charge on any atom is -0.352 e. The van der Waals surface area contributed by atoms with E-state index in [0.29, 0.717) is 5.56 Å². The Kier molecular flexibility index (Phi) is 10.4. The maximum absolute atomic E-state index is 13.9. The fourth-order valence-electron chi connectivity index (χ4n) is 4.02. The molecule has 0 aliphatic carbocycles. The number of hydrogen-bond acceptors (Lipinski definition) is 4. The fraction of sp³-hybridized carbons (Fsp3) is 0.286. The van der Waals surface area contributed by atoms with Gasteiger partial charge < -0.3 is 10.2 Å². The number of halogens is 3. The monoisotopic (exact) mass is 593 g/mol. The predicted octanol–water partition coefficient (Wildman–Crippen LogP) is 5.06. The molecule has 1 unspecified atom stereocenters. The number of amides is 2. The summed E-state index contributed by atoms with van der Waals surface area (Å²) in [6.45, 7) is 2.93. The molecule has 3 aromatic rings. The van der Waals surface area contributed by atoms with Crippen molar-refractivity contribution < 1.29 is 22.4 Å². The topological polar surface area (TPSA) is 86.8 Å². The summed E-state index contributed by atoms with van der Waals surface area (Å²) >= 11 is 12.2. The van der Waals surface area contributed by atoms with Crippen LogP contribution in [0.3, 0.4) is 0 Å². The minimum absolute atomic E-state index is 0.0595. The first-order valence-electron chi connectivity index (χ1n) is 12.2. The number of nitrogens with one attached hydrogen (secondary N) is 1. The van der Waals surface area contributed by atoms with Crippen molar-refractivity contribution in [1.29, 1.82) is 0 Å². The Labute approximate surface area is 238 Å². The van der Waals surface area contributed by atoms with E-state index in [1.807, 2.05) is 30.3 Å². The first kappa shape index (κ1) is 30.4. The Bertz CT molecular complexity index is 1380. The van der Waals surface area contributed by atoms with Crippen molar-refractivity contribution in [2.24, 2.45) is 0 Å². The molecule has 0 aromatic heterocycles. The molecule has 0 aliphatic heterocycles. The average Bonchev–Trinajstić information content (AvgIpc) is 2.84. The van der Waals surface area contributed by atoms with E-state index in [1.165, 1.54) is 47.4 Å². The standard InChI is InChI=1S/C28H30Cl2FN3O4S/c1-19(2)32-28(36)26(13-20-7-5-4-6-8-20)33(17-21-9-11-24(31)12-10-21)27(35)18-34(39(3,37)38)25-15-22(29)14-23(30)16-25/h4-12,14-16,19,26H,13,17-18H2,1-3H3,(H,32,36). The Morgan fingerprint density at radius 1 is 0.923 bits per heavy atom. The van der Waals surface area contributed by atoms with Gasteiger partial charge in [0.2, 0.25) is 21.8 Å². The fourth-order valence-corrected chi connectivity index (χ4v) is 5.37. The lowest BCUT2D eigenvalue weighted by atomic mass is 10.0. The van der Waals surface area contributed by atoms with E-state index >= 15 is 0 Å². The molecule has 208 valence electrons. The van der Waals surface area contributed by atoms with E-state index in [2.05, 4.69) is 5.32 Å². The van der Waals surface area contributed by atoms with Crippen molar-refractivity contribution in [1.82, 2.24) is 10.2 Å². The van der Waals surface area contributed by atoms with Crippen LogP contribution in [0.2, 0.25) is 10.0 Å². The zero-order valence-electron chi connectivity index (χ0n) is 21.8. The molecule has 0 radical (unpaired) electrons. The van der Waals surface area contributed by atoms with Crippen LogP contribution in [0.5, 0.6) is 0 Å². The minimum atomic E-state index is -3.96. The van der Waals surface area contributed by atoms with Crippen LogP contribution in [0.25, 0.3) is 0 Å². The molecule has 39 heavy (non-hydrogen) atoms. The molecule has 0 heterocycles. The molecule has 1 N–H and O–H groups in total. The molecular weight excluding hydrogens is 564 g/mol. The van der Waals surface area contributed by atoms with E-state index in [9.17, 15) is 22.4 Å². The molecule has 0 saturated carbocycles. The van der Waals surface area contributed by atoms with Crippen molar-refractivity contribution in [2.45, 2.75) is 38.9 Å². The van der Waals surface area contributed by atoms with Gasteiger partial charge in [0.05, 0.1) is 11.9 Å². The summed E-state index contributed by atoms with van der Waals surface area (Å²) in [6, 6.07) is 17.7. The molecule has 0 fully saturated rings. The molecule has 0 spiro atoms. The second kappa shape index (κ2) is 13.3. The van der Waals surface area contributed by atoms with Crippen molar-refractivity contribution in [2.75, 3.05) is 17.1 Å². The highest BCUT2D eigenvalue weighted by molar-refractivity contribution is 7.92. The van der Waals surface area contributed by atoms with E-state index in [-0.39, 0.29) is 34.7 Å². The lowest BCUT2D eigenvalue weighted by Crippen LogP contribution is -2.54. The summed E-state index contributed by atoms with van der Waals surface area (Å²) in [4.78, 5) is 28.7. The second-order valence-electron chi connectivity index (χ2n) is 9.41. The van der Waals surface area contributed by atoms with Crippen molar-refractivity contribution >= 4 is 50.7 Å². The molecule has 0 bridgehead atoms. The van der Waals surface area contributed by atoms with Gasteiger partial charge in [-0.3, -0.25) is 13.9 Å². The highest BCUT2D eigenvalue weighted by atomic mass is 35.5. The maximum atomic E-state index is 13.9. The second-order valence-corrected chi connectivity index (χ2v) is 12.2. The van der Waals surface area contributed by atoms with Gasteiger partial charge in [0, 0.05) is 29.1 Å². The molecule has 1 atom stereocenters. The van der Waals surface area contributed by atoms with Crippen molar-refractivity contribution in [3.8, 4) is 0 Å². The highest BCUT2D eigenvalue weighted by Crippen LogP contribution is 2.27. The first-order chi connectivity index (χ1) is 18.3. The van der Waals surface area contributed by atoms with Crippen LogP contribution in [0.4, 0.5) is 10.1 Å². The van der Waals surface area contributed by atoms with Gasteiger partial charge in [-0.2, -0.15) is 0 Å². The third kappa shape index (κ3) is 8.95. The van der Waals surface area contributed by atoms with Crippen LogP contribution in [-0.4, -0.2) is 50.0 Å². The Hall–Kier alpha value is -3.14. The SMILES string of the molecule is CC(C)NC(=O)C(Cc1ccccc1)N(Cc1ccc(F)cc1)C(=O)CN(c1cc(Cl)cc(Cl)c1)S(C)(=O)=O. The first-order valence-corrected chi connectivity index (χ1v) is 14.8. The van der Waals surface area contributed by atoms with Gasteiger partial charge in [-0.1, -0.05) is 65.7 Å². The van der Waals surface area contributed by atoms with Gasteiger partial charge in [-0.05, 0) is 55.3 Å². The number of carbonyl (C=O) groups is 2. The lowest BCUT2D eigenvalue weighted by Gasteiger charge is -2.34. The van der Waals surface area contributed by atoms with Crippen molar-refractivity contribution in [3.63, 3.8) is 0 Å². The van der Waals surface area contributed by atoms with Gasteiger partial charge in [0.15, 0.2) is 0 Å². The summed E-state index contributed by atoms with van der Waals surface area (Å²) in [5, 5.41) is 3.25. The number of hydrogen-bond donors (Lipinski definition) is 1. The summed E-state index contributed by atoms with van der Waals surface area (Å²) in [5.74, 6) is -1.49. The maximum Gasteiger partial charge on any atom is 0.244 e. The van der Waals surface area contributed by atoms with E-state index < -0.39 is 40.2 Å². The van der Waals surface area contributed by atoms with Gasteiger partial charge in [0.25, 0.3) is 0 Å². The number of carbonyl (C=O) groups excluding carboxylic acids is 2. The number of sulfonamides is 1. The summed E-state index contributed by atoms with van der Waals surface area (Å²) in [6.07, 6.45) is 1.14. The van der Waals surface area contributed by atoms with Crippen LogP contribution in [0.1, 0.15) is 25.0 Å². The Balaban J connectivity index is 2.06. The van der Waals surface area contributed by atoms with Crippen LogP contribution in [0, 0.1) is 5.82 Å². The van der Waals surface area contributed by atoms with Gasteiger partial charge in [0.1, 0.15) is 18.4 Å². The smallest absolute Gasteiger partial charge is 0.244 e. The quantitative estimate of drug-likeness (QED) is 0.336. The number of anilines is 1. The molecule has 2 amide bonds. The van der Waals surface area contributed by atoms with E-state index in [0.717, 1.165) is 16.1 Å². The molecule has 0 aliphatic rings. The molecule has 0 saturated heterocycles. The largest absolute Gasteiger partial charge is 0.352 e. The van der Waals surface area contributed by atoms with E-state index in [1.54, 1.807) is 13.8 Å². The Morgan fingerprint density at radius 3 is 2.05 bits per heavy atom. The average molecular weight is 595 g/mol. The summed E-state index contributed by atoms with van der Waals surface area (Å²) < 4.78 is 40.1. The molecule has 3 rings (SSSR count). The lowest BCUT2D eigenvalue weighted by molar-refractivity contribution is -0.140. The molecule has 3 aromatic carbocycles. The van der Waals surface area contributed by atoms with Crippen LogP contribution < -0.4 is 9.62 Å². The number of benzene rings is 3. The molecule has 7 nitrogen and oxygen atoms in total. The highest BCUT2D eigenvalue weighted by Gasteiger charge is 2.33.